The number of benzene rings is 1. The number of likely N-dealkylation sites (N-methyl/N-ethyl adjacent to an activating group) is 1. The standard InChI is InChI=1S/C13H16N2OS/c1-14-7-6-12-9-15-13(17-12)10-4-3-5-11(8-10)16-2/h3-5,8-9,14H,6-7H2,1-2H3. The van der Waals surface area contributed by atoms with E-state index in [1.807, 2.05) is 31.4 Å². The summed E-state index contributed by atoms with van der Waals surface area (Å²) in [4.78, 5) is 5.75. The predicted molar refractivity (Wildman–Crippen MR) is 71.7 cm³/mol. The molecule has 0 fully saturated rings. The van der Waals surface area contributed by atoms with Crippen molar-refractivity contribution in [2.24, 2.45) is 0 Å². The minimum absolute atomic E-state index is 0.870. The number of hydrogen-bond donors (Lipinski definition) is 1. The fourth-order valence-electron chi connectivity index (χ4n) is 1.56. The van der Waals surface area contributed by atoms with Crippen molar-refractivity contribution < 1.29 is 4.74 Å². The van der Waals surface area contributed by atoms with Gasteiger partial charge in [0.15, 0.2) is 0 Å². The molecule has 0 bridgehead atoms. The second-order valence-corrected chi connectivity index (χ2v) is 4.83. The highest BCUT2D eigenvalue weighted by Crippen LogP contribution is 2.27. The van der Waals surface area contributed by atoms with Gasteiger partial charge in [-0.3, -0.25) is 0 Å². The van der Waals surface area contributed by atoms with Gasteiger partial charge in [-0.05, 0) is 32.1 Å². The van der Waals surface area contributed by atoms with Crippen molar-refractivity contribution in [1.29, 1.82) is 0 Å². The molecule has 0 atom stereocenters. The highest BCUT2D eigenvalue weighted by molar-refractivity contribution is 7.15. The smallest absolute Gasteiger partial charge is 0.123 e. The first-order valence-electron chi connectivity index (χ1n) is 5.57. The zero-order valence-corrected chi connectivity index (χ0v) is 10.9. The molecule has 0 saturated heterocycles. The molecule has 2 aromatic rings. The molecule has 2 rings (SSSR count). The Balaban J connectivity index is 2.18. The van der Waals surface area contributed by atoms with Gasteiger partial charge in [-0.1, -0.05) is 12.1 Å². The molecule has 1 heterocycles. The van der Waals surface area contributed by atoms with Crippen molar-refractivity contribution in [2.45, 2.75) is 6.42 Å². The molecule has 0 aliphatic carbocycles. The van der Waals surface area contributed by atoms with E-state index in [4.69, 9.17) is 4.74 Å². The lowest BCUT2D eigenvalue weighted by atomic mass is 10.2. The summed E-state index contributed by atoms with van der Waals surface area (Å²) >= 11 is 1.74. The molecule has 0 radical (unpaired) electrons. The number of methoxy groups -OCH3 is 1. The molecule has 0 spiro atoms. The molecule has 90 valence electrons. The maximum absolute atomic E-state index is 5.21. The van der Waals surface area contributed by atoms with Crippen molar-refractivity contribution in [3.63, 3.8) is 0 Å². The normalized spacial score (nSPS) is 10.5. The number of nitrogens with zero attached hydrogens (tertiary/aromatic N) is 1. The van der Waals surface area contributed by atoms with Crippen LogP contribution in [0.15, 0.2) is 30.5 Å². The van der Waals surface area contributed by atoms with Crippen LogP contribution in [0.25, 0.3) is 10.6 Å². The topological polar surface area (TPSA) is 34.2 Å². The zero-order valence-electron chi connectivity index (χ0n) is 10.1. The van der Waals surface area contributed by atoms with Gasteiger partial charge in [-0.2, -0.15) is 0 Å². The van der Waals surface area contributed by atoms with Crippen molar-refractivity contribution in [3.05, 3.63) is 35.3 Å². The molecule has 0 aliphatic heterocycles. The Kier molecular flexibility index (Phi) is 4.12. The minimum atomic E-state index is 0.870. The van der Waals surface area contributed by atoms with Gasteiger partial charge < -0.3 is 10.1 Å². The second-order valence-electron chi connectivity index (χ2n) is 3.72. The van der Waals surface area contributed by atoms with Gasteiger partial charge in [0.05, 0.1) is 7.11 Å². The van der Waals surface area contributed by atoms with E-state index in [1.165, 1.54) is 4.88 Å². The summed E-state index contributed by atoms with van der Waals surface area (Å²) in [5.41, 5.74) is 1.12. The van der Waals surface area contributed by atoms with E-state index in [0.717, 1.165) is 29.3 Å². The molecule has 17 heavy (non-hydrogen) atoms. The Bertz CT molecular complexity index is 482. The molecule has 1 aromatic carbocycles. The van der Waals surface area contributed by atoms with Crippen molar-refractivity contribution in [2.75, 3.05) is 20.7 Å². The molecule has 4 heteroatoms. The highest BCUT2D eigenvalue weighted by Gasteiger charge is 2.05. The fraction of sp³-hybridized carbons (Fsp3) is 0.308. The first kappa shape index (κ1) is 12.1. The molecular weight excluding hydrogens is 232 g/mol. The van der Waals surface area contributed by atoms with Crippen LogP contribution in [0.2, 0.25) is 0 Å². The summed E-state index contributed by atoms with van der Waals surface area (Å²) in [6.07, 6.45) is 2.98. The maximum atomic E-state index is 5.21. The third-order valence-corrected chi connectivity index (χ3v) is 3.60. The van der Waals surface area contributed by atoms with Crippen LogP contribution in [0.1, 0.15) is 4.88 Å². The van der Waals surface area contributed by atoms with Crippen molar-refractivity contribution in [3.8, 4) is 16.3 Å². The minimum Gasteiger partial charge on any atom is -0.497 e. The van der Waals surface area contributed by atoms with Crippen LogP contribution in [0.4, 0.5) is 0 Å². The Morgan fingerprint density at radius 3 is 3.06 bits per heavy atom. The third kappa shape index (κ3) is 3.05. The van der Waals surface area contributed by atoms with Crippen LogP contribution in [0.3, 0.4) is 0 Å². The van der Waals surface area contributed by atoms with Crippen LogP contribution in [0.5, 0.6) is 5.75 Å². The molecule has 0 aliphatic rings. The lowest BCUT2D eigenvalue weighted by molar-refractivity contribution is 0.415. The Morgan fingerprint density at radius 2 is 2.29 bits per heavy atom. The number of aromatic nitrogens is 1. The van der Waals surface area contributed by atoms with E-state index in [9.17, 15) is 0 Å². The summed E-state index contributed by atoms with van der Waals surface area (Å²) in [5.74, 6) is 0.870. The van der Waals surface area contributed by atoms with Crippen molar-refractivity contribution in [1.82, 2.24) is 10.3 Å². The molecule has 1 N–H and O–H groups in total. The van der Waals surface area contributed by atoms with Crippen LogP contribution in [0, 0.1) is 0 Å². The molecule has 0 unspecified atom stereocenters. The number of hydrogen-bond acceptors (Lipinski definition) is 4. The SMILES string of the molecule is CNCCc1cnc(-c2cccc(OC)c2)s1. The second kappa shape index (κ2) is 5.80. The summed E-state index contributed by atoms with van der Waals surface area (Å²) in [5, 5.41) is 4.19. The van der Waals surface area contributed by atoms with Gasteiger partial charge in [0, 0.05) is 16.6 Å². The Hall–Kier alpha value is -1.39. The average Bonchev–Trinajstić information content (AvgIpc) is 2.85. The van der Waals surface area contributed by atoms with Gasteiger partial charge >= 0.3 is 0 Å². The van der Waals surface area contributed by atoms with E-state index >= 15 is 0 Å². The quantitative estimate of drug-likeness (QED) is 0.883. The van der Waals surface area contributed by atoms with E-state index in [-0.39, 0.29) is 0 Å². The first-order valence-corrected chi connectivity index (χ1v) is 6.39. The maximum Gasteiger partial charge on any atom is 0.123 e. The van der Waals surface area contributed by atoms with Gasteiger partial charge in [0.25, 0.3) is 0 Å². The number of rotatable bonds is 5. The monoisotopic (exact) mass is 248 g/mol. The molecular formula is C13H16N2OS. The third-order valence-electron chi connectivity index (χ3n) is 2.49. The van der Waals surface area contributed by atoms with E-state index in [1.54, 1.807) is 18.4 Å². The molecule has 0 amide bonds. The summed E-state index contributed by atoms with van der Waals surface area (Å²) in [7, 11) is 3.64. The van der Waals surface area contributed by atoms with Crippen LogP contribution >= 0.6 is 11.3 Å². The van der Waals surface area contributed by atoms with E-state index < -0.39 is 0 Å². The lowest BCUT2D eigenvalue weighted by Crippen LogP contribution is -2.09. The van der Waals surface area contributed by atoms with E-state index in [0.29, 0.717) is 0 Å². The van der Waals surface area contributed by atoms with Crippen molar-refractivity contribution >= 4 is 11.3 Å². The van der Waals surface area contributed by atoms with Crippen LogP contribution in [-0.4, -0.2) is 25.7 Å². The number of ether oxygens (including phenoxy) is 1. The van der Waals surface area contributed by atoms with Gasteiger partial charge in [-0.15, -0.1) is 11.3 Å². The van der Waals surface area contributed by atoms with Crippen LogP contribution in [-0.2, 0) is 6.42 Å². The molecule has 1 aromatic heterocycles. The fourth-order valence-corrected chi connectivity index (χ4v) is 2.47. The average molecular weight is 248 g/mol. The summed E-state index contributed by atoms with van der Waals surface area (Å²) in [6.45, 7) is 0.986. The van der Waals surface area contributed by atoms with E-state index in [2.05, 4.69) is 16.4 Å². The summed E-state index contributed by atoms with van der Waals surface area (Å²) in [6, 6.07) is 8.01. The molecule has 0 saturated carbocycles. The Labute approximate surface area is 105 Å². The first-order chi connectivity index (χ1) is 8.33. The van der Waals surface area contributed by atoms with Gasteiger partial charge in [-0.25, -0.2) is 4.98 Å². The zero-order chi connectivity index (χ0) is 12.1. The summed E-state index contributed by atoms with van der Waals surface area (Å²) < 4.78 is 5.21. The largest absolute Gasteiger partial charge is 0.497 e. The predicted octanol–water partition coefficient (Wildman–Crippen LogP) is 2.58. The lowest BCUT2D eigenvalue weighted by Gasteiger charge is -2.01. The van der Waals surface area contributed by atoms with Gasteiger partial charge in [0.2, 0.25) is 0 Å². The highest BCUT2D eigenvalue weighted by atomic mass is 32.1. The van der Waals surface area contributed by atoms with Gasteiger partial charge in [0.1, 0.15) is 10.8 Å². The Morgan fingerprint density at radius 1 is 1.41 bits per heavy atom. The number of thiazole rings is 1. The van der Waals surface area contributed by atoms with Crippen LogP contribution < -0.4 is 10.1 Å². The molecule has 3 nitrogen and oxygen atoms in total. The number of nitrogens with one attached hydrogen (secondary N) is 1.